The number of carbonyl (C=O) groups is 2. The van der Waals surface area contributed by atoms with Gasteiger partial charge in [-0.15, -0.1) is 0 Å². The normalized spacial score (nSPS) is 12.2. The topological polar surface area (TPSA) is 63.6 Å². The number of hydrogen-bond donors (Lipinski definition) is 1. The lowest BCUT2D eigenvalue weighted by molar-refractivity contribution is -0.145. The molecule has 7 heteroatoms. The van der Waals surface area contributed by atoms with Gasteiger partial charge < -0.3 is 9.84 Å². The Hall–Kier alpha value is -3.61. The van der Waals surface area contributed by atoms with Crippen LogP contribution < -0.4 is 0 Å². The fourth-order valence-electron chi connectivity index (χ4n) is 3.41. The Balaban J connectivity index is 1.75. The molecule has 3 aromatic rings. The van der Waals surface area contributed by atoms with Gasteiger partial charge in [-0.25, -0.2) is 0 Å². The number of carbonyl (C=O) groups excluding carboxylic acids is 2. The van der Waals surface area contributed by atoms with E-state index in [0.29, 0.717) is 11.1 Å². The molecule has 0 aromatic heterocycles. The van der Waals surface area contributed by atoms with Crippen LogP contribution in [-0.4, -0.2) is 24.0 Å². The molecule has 0 amide bonds. The first-order chi connectivity index (χ1) is 15.2. The van der Waals surface area contributed by atoms with Gasteiger partial charge in [-0.1, -0.05) is 54.6 Å². The number of esters is 1. The first-order valence-corrected chi connectivity index (χ1v) is 9.84. The number of halogens is 3. The van der Waals surface area contributed by atoms with Crippen LogP contribution in [-0.2, 0) is 22.1 Å². The third-order valence-electron chi connectivity index (χ3n) is 5.11. The van der Waals surface area contributed by atoms with Gasteiger partial charge in [-0.05, 0) is 41.3 Å². The van der Waals surface area contributed by atoms with Crippen molar-refractivity contribution in [3.8, 4) is 16.9 Å². The Morgan fingerprint density at radius 1 is 0.938 bits per heavy atom. The van der Waals surface area contributed by atoms with Gasteiger partial charge in [0.2, 0.25) is 0 Å². The fraction of sp³-hybridized carbons (Fsp3) is 0.200. The van der Waals surface area contributed by atoms with Crippen LogP contribution in [0.2, 0.25) is 0 Å². The molecule has 166 valence electrons. The van der Waals surface area contributed by atoms with Gasteiger partial charge in [0, 0.05) is 12.0 Å². The largest absolute Gasteiger partial charge is 0.508 e. The Morgan fingerprint density at radius 2 is 1.53 bits per heavy atom. The van der Waals surface area contributed by atoms with E-state index in [1.165, 1.54) is 19.2 Å². The van der Waals surface area contributed by atoms with Crippen molar-refractivity contribution < 1.29 is 32.6 Å². The van der Waals surface area contributed by atoms with E-state index in [-0.39, 0.29) is 24.4 Å². The zero-order valence-electron chi connectivity index (χ0n) is 17.2. The predicted molar refractivity (Wildman–Crippen MR) is 113 cm³/mol. The monoisotopic (exact) mass is 442 g/mol. The summed E-state index contributed by atoms with van der Waals surface area (Å²) < 4.78 is 43.7. The summed E-state index contributed by atoms with van der Waals surface area (Å²) in [6.45, 7) is 0. The number of methoxy groups -OCH3 is 1. The highest BCUT2D eigenvalue weighted by molar-refractivity contribution is 5.98. The molecule has 3 rings (SSSR count). The summed E-state index contributed by atoms with van der Waals surface area (Å²) in [5.74, 6) is -1.73. The number of hydrogen-bond acceptors (Lipinski definition) is 4. The summed E-state index contributed by atoms with van der Waals surface area (Å²) in [6, 6.07) is 18.1. The molecule has 1 N–H and O–H groups in total. The molecule has 0 aliphatic carbocycles. The molecule has 4 nitrogen and oxygen atoms in total. The molecular formula is C25H21F3O4. The molecule has 0 heterocycles. The van der Waals surface area contributed by atoms with Gasteiger partial charge in [-0.3, -0.25) is 9.59 Å². The molecule has 0 aliphatic rings. The number of phenolic OH excluding ortho intramolecular Hbond substituents is 1. The van der Waals surface area contributed by atoms with Gasteiger partial charge in [0.25, 0.3) is 0 Å². The minimum Gasteiger partial charge on any atom is -0.508 e. The maximum Gasteiger partial charge on any atom is 0.416 e. The van der Waals surface area contributed by atoms with Crippen molar-refractivity contribution in [2.45, 2.75) is 19.0 Å². The molecule has 0 radical (unpaired) electrons. The minimum absolute atomic E-state index is 0.0477. The zero-order chi connectivity index (χ0) is 23.3. The highest BCUT2D eigenvalue weighted by Crippen LogP contribution is 2.30. The zero-order valence-corrected chi connectivity index (χ0v) is 17.2. The number of aromatic hydroxyl groups is 1. The van der Waals surface area contributed by atoms with E-state index >= 15 is 0 Å². The van der Waals surface area contributed by atoms with Crippen molar-refractivity contribution in [1.29, 1.82) is 0 Å². The van der Waals surface area contributed by atoms with Crippen molar-refractivity contribution in [2.75, 3.05) is 7.11 Å². The van der Waals surface area contributed by atoms with Gasteiger partial charge in [0.15, 0.2) is 5.78 Å². The summed E-state index contributed by atoms with van der Waals surface area (Å²) in [6.07, 6.45) is -4.73. The lowest BCUT2D eigenvalue weighted by atomic mass is 9.91. The third-order valence-corrected chi connectivity index (χ3v) is 5.11. The van der Waals surface area contributed by atoms with E-state index in [1.54, 1.807) is 48.5 Å². The second-order valence-corrected chi connectivity index (χ2v) is 7.37. The van der Waals surface area contributed by atoms with E-state index in [0.717, 1.165) is 23.3 Å². The second kappa shape index (κ2) is 9.68. The van der Waals surface area contributed by atoms with Crippen LogP contribution in [0.3, 0.4) is 0 Å². The summed E-state index contributed by atoms with van der Waals surface area (Å²) in [4.78, 5) is 25.0. The quantitative estimate of drug-likeness (QED) is 0.378. The number of ether oxygens (including phenoxy) is 1. The molecule has 1 unspecified atom stereocenters. The Labute approximate surface area is 183 Å². The lowest BCUT2D eigenvalue weighted by Crippen LogP contribution is -2.22. The van der Waals surface area contributed by atoms with Crippen LogP contribution >= 0.6 is 0 Å². The van der Waals surface area contributed by atoms with E-state index in [2.05, 4.69) is 0 Å². The van der Waals surface area contributed by atoms with Crippen molar-refractivity contribution in [1.82, 2.24) is 0 Å². The highest BCUT2D eigenvalue weighted by atomic mass is 19.4. The van der Waals surface area contributed by atoms with Crippen LogP contribution in [0.4, 0.5) is 13.2 Å². The molecular weight excluding hydrogens is 421 g/mol. The van der Waals surface area contributed by atoms with Crippen LogP contribution in [0.25, 0.3) is 11.1 Å². The molecule has 0 saturated heterocycles. The molecule has 0 bridgehead atoms. The number of rotatable bonds is 7. The first kappa shape index (κ1) is 23.1. The molecule has 1 atom stereocenters. The van der Waals surface area contributed by atoms with Gasteiger partial charge in [0.05, 0.1) is 18.6 Å². The van der Waals surface area contributed by atoms with Crippen LogP contribution in [0.15, 0.2) is 72.8 Å². The Morgan fingerprint density at radius 3 is 2.09 bits per heavy atom. The van der Waals surface area contributed by atoms with Crippen molar-refractivity contribution in [2.24, 2.45) is 5.92 Å². The van der Waals surface area contributed by atoms with Crippen LogP contribution in [0.1, 0.15) is 27.9 Å². The first-order valence-electron chi connectivity index (χ1n) is 9.84. The van der Waals surface area contributed by atoms with E-state index in [4.69, 9.17) is 4.74 Å². The average molecular weight is 442 g/mol. The molecule has 0 spiro atoms. The molecule has 0 aliphatic heterocycles. The fourth-order valence-corrected chi connectivity index (χ4v) is 3.41. The maximum absolute atomic E-state index is 13.0. The second-order valence-electron chi connectivity index (χ2n) is 7.37. The van der Waals surface area contributed by atoms with Crippen molar-refractivity contribution >= 4 is 11.8 Å². The van der Waals surface area contributed by atoms with E-state index in [1.807, 2.05) is 0 Å². The van der Waals surface area contributed by atoms with Crippen LogP contribution in [0.5, 0.6) is 5.75 Å². The number of Topliss-reactive ketones (excluding diaryl/α,β-unsaturated/α-hetero) is 1. The standard InChI is InChI=1S/C25H21F3O4/c1-32-24(31)20(13-16-3-2-4-21(14-16)25(26,27)28)15-23(30)19-7-5-17(6-8-19)18-9-11-22(29)12-10-18/h2-12,14,20,29H,13,15H2,1H3. The highest BCUT2D eigenvalue weighted by Gasteiger charge is 2.31. The number of ketones is 1. The van der Waals surface area contributed by atoms with Crippen molar-refractivity contribution in [3.63, 3.8) is 0 Å². The summed E-state index contributed by atoms with van der Waals surface area (Å²) in [5.41, 5.74) is 1.57. The minimum atomic E-state index is -4.49. The summed E-state index contributed by atoms with van der Waals surface area (Å²) in [5, 5.41) is 9.39. The average Bonchev–Trinajstić information content (AvgIpc) is 2.78. The summed E-state index contributed by atoms with van der Waals surface area (Å²) >= 11 is 0. The predicted octanol–water partition coefficient (Wildman–Crippen LogP) is 5.68. The van der Waals surface area contributed by atoms with E-state index < -0.39 is 23.6 Å². The molecule has 3 aromatic carbocycles. The van der Waals surface area contributed by atoms with Crippen LogP contribution in [0, 0.1) is 5.92 Å². The molecule has 0 saturated carbocycles. The number of benzene rings is 3. The third kappa shape index (κ3) is 5.75. The SMILES string of the molecule is COC(=O)C(CC(=O)c1ccc(-c2ccc(O)cc2)cc1)Cc1cccc(C(F)(F)F)c1. The summed E-state index contributed by atoms with van der Waals surface area (Å²) in [7, 11) is 1.18. The number of phenols is 1. The number of alkyl halides is 3. The smallest absolute Gasteiger partial charge is 0.416 e. The maximum atomic E-state index is 13.0. The van der Waals surface area contributed by atoms with Gasteiger partial charge >= 0.3 is 12.1 Å². The molecule has 32 heavy (non-hydrogen) atoms. The Bertz CT molecular complexity index is 1090. The van der Waals surface area contributed by atoms with Gasteiger partial charge in [0.1, 0.15) is 5.75 Å². The molecule has 0 fully saturated rings. The van der Waals surface area contributed by atoms with Gasteiger partial charge in [-0.2, -0.15) is 13.2 Å². The Kier molecular flexibility index (Phi) is 6.98. The van der Waals surface area contributed by atoms with Crippen molar-refractivity contribution in [3.05, 3.63) is 89.5 Å². The lowest BCUT2D eigenvalue weighted by Gasteiger charge is -2.15. The van der Waals surface area contributed by atoms with E-state index in [9.17, 15) is 27.9 Å².